The van der Waals surface area contributed by atoms with Crippen molar-refractivity contribution in [2.45, 2.75) is 25.7 Å². The summed E-state index contributed by atoms with van der Waals surface area (Å²) in [5.74, 6) is 2.89. The maximum Gasteiger partial charge on any atom is 0.229 e. The number of nitrogens with zero attached hydrogens (tertiary/aromatic N) is 6. The Morgan fingerprint density at radius 3 is 2.33 bits per heavy atom. The van der Waals surface area contributed by atoms with Crippen molar-refractivity contribution in [2.24, 2.45) is 0 Å². The number of aromatic nitrogens is 3. The van der Waals surface area contributed by atoms with Crippen molar-refractivity contribution >= 4 is 44.3 Å². The second-order valence-electron chi connectivity index (χ2n) is 8.94. The standard InChI is InChI=1S/C24H34N8S/c1-30(17-11-26-24-27-19-8-2-3-9-20(19)33-24)16-10-25-21-18-22(31-12-4-5-13-31)29-23(28-21)32-14-6-7-15-32/h2-3,8-9,18H,4-7,10-17H2,1H3,(H,26,27)(H,25,28,29). The number of hydrogen-bond donors (Lipinski definition) is 2. The average Bonchev–Trinajstić information content (AvgIpc) is 3.60. The molecule has 0 bridgehead atoms. The van der Waals surface area contributed by atoms with Crippen LogP contribution < -0.4 is 20.4 Å². The van der Waals surface area contributed by atoms with Crippen molar-refractivity contribution in [3.05, 3.63) is 30.3 Å². The van der Waals surface area contributed by atoms with Crippen LogP contribution in [0.15, 0.2) is 30.3 Å². The molecule has 2 aliphatic rings. The third-order valence-corrected chi connectivity index (χ3v) is 7.38. The molecule has 0 amide bonds. The first-order valence-corrected chi connectivity index (χ1v) is 13.0. The molecule has 2 saturated heterocycles. The lowest BCUT2D eigenvalue weighted by molar-refractivity contribution is 0.360. The van der Waals surface area contributed by atoms with E-state index in [0.29, 0.717) is 0 Å². The molecule has 3 aromatic rings. The third kappa shape index (κ3) is 5.65. The Morgan fingerprint density at radius 2 is 1.58 bits per heavy atom. The largest absolute Gasteiger partial charge is 0.369 e. The van der Waals surface area contributed by atoms with E-state index < -0.39 is 0 Å². The summed E-state index contributed by atoms with van der Waals surface area (Å²) in [4.78, 5) is 21.4. The van der Waals surface area contributed by atoms with E-state index in [0.717, 1.165) is 80.6 Å². The monoisotopic (exact) mass is 466 g/mol. The highest BCUT2D eigenvalue weighted by molar-refractivity contribution is 7.22. The van der Waals surface area contributed by atoms with Gasteiger partial charge in [0.15, 0.2) is 5.13 Å². The van der Waals surface area contributed by atoms with Crippen LogP contribution in [-0.4, -0.2) is 79.3 Å². The zero-order valence-electron chi connectivity index (χ0n) is 19.5. The van der Waals surface area contributed by atoms with Gasteiger partial charge >= 0.3 is 0 Å². The molecule has 8 nitrogen and oxygen atoms in total. The summed E-state index contributed by atoms with van der Waals surface area (Å²) in [7, 11) is 2.16. The molecule has 5 rings (SSSR count). The summed E-state index contributed by atoms with van der Waals surface area (Å²) in [6.07, 6.45) is 4.97. The van der Waals surface area contributed by atoms with Gasteiger partial charge in [-0.1, -0.05) is 23.5 Å². The minimum atomic E-state index is 0.855. The second-order valence-corrected chi connectivity index (χ2v) is 9.97. The van der Waals surface area contributed by atoms with Gasteiger partial charge in [0, 0.05) is 58.4 Å². The molecular weight excluding hydrogens is 432 g/mol. The van der Waals surface area contributed by atoms with Gasteiger partial charge in [0.25, 0.3) is 0 Å². The van der Waals surface area contributed by atoms with Gasteiger partial charge in [-0.3, -0.25) is 0 Å². The quantitative estimate of drug-likeness (QED) is 0.468. The SMILES string of the molecule is CN(CCNc1cc(N2CCCC2)nc(N2CCCC2)n1)CCNc1nc2ccccc2s1. The van der Waals surface area contributed by atoms with E-state index >= 15 is 0 Å². The van der Waals surface area contributed by atoms with E-state index in [1.54, 1.807) is 11.3 Å². The van der Waals surface area contributed by atoms with E-state index in [-0.39, 0.29) is 0 Å². The number of likely N-dealkylation sites (N-methyl/N-ethyl adjacent to an activating group) is 1. The van der Waals surface area contributed by atoms with Gasteiger partial charge in [0.2, 0.25) is 5.95 Å². The number of hydrogen-bond acceptors (Lipinski definition) is 9. The van der Waals surface area contributed by atoms with Crippen LogP contribution in [0.25, 0.3) is 10.2 Å². The summed E-state index contributed by atoms with van der Waals surface area (Å²) in [5.41, 5.74) is 1.06. The Bertz CT molecular complexity index is 975. The Hall–Kier alpha value is -2.65. The third-order valence-electron chi connectivity index (χ3n) is 6.38. The van der Waals surface area contributed by atoms with Crippen molar-refractivity contribution in [1.29, 1.82) is 0 Å². The number of thiazole rings is 1. The average molecular weight is 467 g/mol. The number of benzene rings is 1. The highest BCUT2D eigenvalue weighted by atomic mass is 32.1. The van der Waals surface area contributed by atoms with Gasteiger partial charge < -0.3 is 25.3 Å². The Kier molecular flexibility index (Phi) is 7.06. The van der Waals surface area contributed by atoms with Crippen molar-refractivity contribution in [1.82, 2.24) is 19.9 Å². The van der Waals surface area contributed by atoms with Crippen LogP contribution in [0.4, 0.5) is 22.7 Å². The van der Waals surface area contributed by atoms with E-state index in [1.165, 1.54) is 30.4 Å². The van der Waals surface area contributed by atoms with Gasteiger partial charge in [0.05, 0.1) is 10.2 Å². The van der Waals surface area contributed by atoms with Crippen LogP contribution in [0.1, 0.15) is 25.7 Å². The topological polar surface area (TPSA) is 72.5 Å². The molecule has 2 aliphatic heterocycles. The fraction of sp³-hybridized carbons (Fsp3) is 0.542. The number of fused-ring (bicyclic) bond motifs is 1. The van der Waals surface area contributed by atoms with Gasteiger partial charge in [-0.05, 0) is 44.9 Å². The first kappa shape index (κ1) is 22.2. The minimum absolute atomic E-state index is 0.855. The molecule has 33 heavy (non-hydrogen) atoms. The van der Waals surface area contributed by atoms with Crippen LogP contribution >= 0.6 is 11.3 Å². The van der Waals surface area contributed by atoms with E-state index in [1.807, 2.05) is 6.07 Å². The smallest absolute Gasteiger partial charge is 0.229 e. The molecule has 0 saturated carbocycles. The van der Waals surface area contributed by atoms with Crippen LogP contribution in [0.3, 0.4) is 0 Å². The summed E-state index contributed by atoms with van der Waals surface area (Å²) < 4.78 is 1.23. The zero-order chi connectivity index (χ0) is 22.5. The van der Waals surface area contributed by atoms with Gasteiger partial charge in [-0.25, -0.2) is 4.98 Å². The number of anilines is 4. The summed E-state index contributed by atoms with van der Waals surface area (Å²) >= 11 is 1.71. The molecule has 0 aliphatic carbocycles. The van der Waals surface area contributed by atoms with Crippen LogP contribution in [0, 0.1) is 0 Å². The first-order valence-electron chi connectivity index (χ1n) is 12.2. The minimum Gasteiger partial charge on any atom is -0.369 e. The van der Waals surface area contributed by atoms with Gasteiger partial charge in [0.1, 0.15) is 11.6 Å². The Morgan fingerprint density at radius 1 is 0.879 bits per heavy atom. The highest BCUT2D eigenvalue weighted by Gasteiger charge is 2.20. The fourth-order valence-electron chi connectivity index (χ4n) is 4.47. The second kappa shape index (κ2) is 10.5. The number of rotatable bonds is 10. The molecular formula is C24H34N8S. The van der Waals surface area contributed by atoms with Gasteiger partial charge in [-0.2, -0.15) is 9.97 Å². The molecule has 2 N–H and O–H groups in total. The zero-order valence-corrected chi connectivity index (χ0v) is 20.3. The van der Waals surface area contributed by atoms with Crippen molar-refractivity contribution in [2.75, 3.05) is 79.8 Å². The van der Waals surface area contributed by atoms with Crippen molar-refractivity contribution in [3.8, 4) is 0 Å². The lowest BCUT2D eigenvalue weighted by Gasteiger charge is -2.22. The normalized spacial score (nSPS) is 16.3. The van der Waals surface area contributed by atoms with E-state index in [4.69, 9.17) is 9.97 Å². The molecule has 176 valence electrons. The van der Waals surface area contributed by atoms with Crippen LogP contribution in [-0.2, 0) is 0 Å². The van der Waals surface area contributed by atoms with Gasteiger partial charge in [-0.15, -0.1) is 0 Å². The highest BCUT2D eigenvalue weighted by Crippen LogP contribution is 2.26. The lowest BCUT2D eigenvalue weighted by atomic mass is 10.3. The molecule has 9 heteroatoms. The molecule has 0 spiro atoms. The predicted molar refractivity (Wildman–Crippen MR) is 139 cm³/mol. The molecule has 4 heterocycles. The summed E-state index contributed by atoms with van der Waals surface area (Å²) in [6, 6.07) is 10.4. The predicted octanol–water partition coefficient (Wildman–Crippen LogP) is 3.74. The van der Waals surface area contributed by atoms with E-state index in [9.17, 15) is 0 Å². The maximum atomic E-state index is 4.90. The fourth-order valence-corrected chi connectivity index (χ4v) is 5.36. The molecule has 0 radical (unpaired) electrons. The molecule has 0 unspecified atom stereocenters. The lowest BCUT2D eigenvalue weighted by Crippen LogP contribution is -2.30. The molecule has 2 aromatic heterocycles. The molecule has 2 fully saturated rings. The summed E-state index contributed by atoms with van der Waals surface area (Å²) in [5, 5.41) is 8.01. The molecule has 1 aromatic carbocycles. The maximum absolute atomic E-state index is 4.90. The molecule has 0 atom stereocenters. The summed E-state index contributed by atoms with van der Waals surface area (Å²) in [6.45, 7) is 7.96. The number of para-hydroxylation sites is 1. The number of nitrogens with one attached hydrogen (secondary N) is 2. The van der Waals surface area contributed by atoms with Crippen LogP contribution in [0.2, 0.25) is 0 Å². The van der Waals surface area contributed by atoms with Crippen molar-refractivity contribution < 1.29 is 0 Å². The Balaban J connectivity index is 1.11. The van der Waals surface area contributed by atoms with Crippen molar-refractivity contribution in [3.63, 3.8) is 0 Å². The van der Waals surface area contributed by atoms with E-state index in [2.05, 4.69) is 61.6 Å². The van der Waals surface area contributed by atoms with Crippen LogP contribution in [0.5, 0.6) is 0 Å². The first-order chi connectivity index (χ1) is 16.2. The Labute approximate surface area is 200 Å².